The standard InChI is InChI=1S/C20H17N3O5S/c1-29(26,27)19-17(20(24)25)16(15-11-21-23-18(15)22-19)12-6-5-9-14(10-12)28-13-7-3-2-4-8-13/h2-11,16H,1H3,(H,24,25)(H2,21,22,23). The third kappa shape index (κ3) is 3.59. The largest absolute Gasteiger partial charge is 0.478 e. The average molecular weight is 411 g/mol. The highest BCUT2D eigenvalue weighted by atomic mass is 32.2. The van der Waals surface area contributed by atoms with Crippen LogP contribution < -0.4 is 10.1 Å². The van der Waals surface area contributed by atoms with Gasteiger partial charge in [-0.05, 0) is 29.8 Å². The van der Waals surface area contributed by atoms with Gasteiger partial charge >= 0.3 is 5.97 Å². The van der Waals surface area contributed by atoms with E-state index in [0.717, 1.165) is 6.26 Å². The van der Waals surface area contributed by atoms with Gasteiger partial charge in [-0.3, -0.25) is 5.10 Å². The summed E-state index contributed by atoms with van der Waals surface area (Å²) < 4.78 is 30.4. The molecule has 2 aromatic carbocycles. The Balaban J connectivity index is 1.85. The monoisotopic (exact) mass is 411 g/mol. The van der Waals surface area contributed by atoms with E-state index in [1.54, 1.807) is 36.4 Å². The van der Waals surface area contributed by atoms with Crippen LogP contribution in [0.25, 0.3) is 0 Å². The van der Waals surface area contributed by atoms with E-state index < -0.39 is 21.7 Å². The fourth-order valence-electron chi connectivity index (χ4n) is 3.32. The summed E-state index contributed by atoms with van der Waals surface area (Å²) in [6.45, 7) is 0. The Kier molecular flexibility index (Phi) is 4.59. The van der Waals surface area contributed by atoms with E-state index in [9.17, 15) is 18.3 Å². The summed E-state index contributed by atoms with van der Waals surface area (Å²) >= 11 is 0. The molecule has 1 unspecified atom stereocenters. The van der Waals surface area contributed by atoms with Crippen LogP contribution in [0, 0.1) is 0 Å². The van der Waals surface area contributed by atoms with Gasteiger partial charge in [0.2, 0.25) is 0 Å². The Morgan fingerprint density at radius 3 is 2.52 bits per heavy atom. The number of aliphatic carboxylic acids is 1. The number of rotatable bonds is 5. The molecule has 8 nitrogen and oxygen atoms in total. The molecule has 3 N–H and O–H groups in total. The van der Waals surface area contributed by atoms with E-state index in [1.807, 2.05) is 18.2 Å². The van der Waals surface area contributed by atoms with Crippen LogP contribution in [0.15, 0.2) is 71.4 Å². The number of nitrogens with zero attached hydrogens (tertiary/aromatic N) is 1. The zero-order chi connectivity index (χ0) is 20.6. The Labute approximate surface area is 166 Å². The second kappa shape index (κ2) is 7.10. The zero-order valence-electron chi connectivity index (χ0n) is 15.3. The molecule has 1 aliphatic heterocycles. The molecule has 0 amide bonds. The number of benzene rings is 2. The van der Waals surface area contributed by atoms with Crippen molar-refractivity contribution in [2.75, 3.05) is 11.6 Å². The van der Waals surface area contributed by atoms with Crippen LogP contribution in [0.3, 0.4) is 0 Å². The fourth-order valence-corrected chi connectivity index (χ4v) is 4.22. The van der Waals surface area contributed by atoms with Crippen molar-refractivity contribution in [2.45, 2.75) is 5.92 Å². The lowest BCUT2D eigenvalue weighted by Crippen LogP contribution is -2.27. The average Bonchev–Trinajstić information content (AvgIpc) is 3.15. The molecule has 0 saturated heterocycles. The minimum absolute atomic E-state index is 0.265. The number of H-pyrrole nitrogens is 1. The number of carboxylic acids is 1. The molecule has 3 aromatic rings. The molecule has 1 atom stereocenters. The predicted molar refractivity (Wildman–Crippen MR) is 107 cm³/mol. The van der Waals surface area contributed by atoms with Crippen molar-refractivity contribution < 1.29 is 23.1 Å². The third-order valence-corrected chi connectivity index (χ3v) is 5.59. The number of hydrogen-bond acceptors (Lipinski definition) is 6. The molecule has 1 aromatic heterocycles. The van der Waals surface area contributed by atoms with Gasteiger partial charge in [-0.15, -0.1) is 0 Å². The van der Waals surface area contributed by atoms with Crippen molar-refractivity contribution in [3.05, 3.63) is 82.5 Å². The number of aromatic amines is 1. The summed E-state index contributed by atoms with van der Waals surface area (Å²) in [7, 11) is -3.83. The summed E-state index contributed by atoms with van der Waals surface area (Å²) in [5.74, 6) is -0.696. The van der Waals surface area contributed by atoms with Crippen LogP contribution in [0.2, 0.25) is 0 Å². The molecule has 9 heteroatoms. The van der Waals surface area contributed by atoms with Crippen LogP contribution in [0.1, 0.15) is 17.0 Å². The summed E-state index contributed by atoms with van der Waals surface area (Å²) in [5.41, 5.74) is 0.839. The lowest BCUT2D eigenvalue weighted by molar-refractivity contribution is -0.132. The maximum Gasteiger partial charge on any atom is 0.335 e. The predicted octanol–water partition coefficient (Wildman–Crippen LogP) is 3.10. The van der Waals surface area contributed by atoms with Crippen LogP contribution in [0.4, 0.5) is 5.82 Å². The molecule has 1 aliphatic rings. The number of fused-ring (bicyclic) bond motifs is 1. The number of sulfone groups is 1. The summed E-state index contributed by atoms with van der Waals surface area (Å²) in [4.78, 5) is 12.1. The molecule has 0 spiro atoms. The Morgan fingerprint density at radius 1 is 1.10 bits per heavy atom. The summed E-state index contributed by atoms with van der Waals surface area (Å²) in [6.07, 6.45) is 2.45. The molecule has 0 saturated carbocycles. The Morgan fingerprint density at radius 2 is 1.83 bits per heavy atom. The molecular formula is C20H17N3O5S. The van der Waals surface area contributed by atoms with Gasteiger partial charge in [-0.2, -0.15) is 5.10 Å². The van der Waals surface area contributed by atoms with E-state index in [-0.39, 0.29) is 10.6 Å². The third-order valence-electron chi connectivity index (χ3n) is 4.52. The number of para-hydroxylation sites is 1. The number of hydrogen-bond donors (Lipinski definition) is 3. The molecule has 2 heterocycles. The van der Waals surface area contributed by atoms with E-state index in [0.29, 0.717) is 28.4 Å². The normalized spacial score (nSPS) is 16.1. The smallest absolute Gasteiger partial charge is 0.335 e. The molecular weight excluding hydrogens is 394 g/mol. The first-order valence-corrected chi connectivity index (χ1v) is 10.5. The second-order valence-corrected chi connectivity index (χ2v) is 8.52. The lowest BCUT2D eigenvalue weighted by Gasteiger charge is -2.27. The van der Waals surface area contributed by atoms with Crippen molar-refractivity contribution in [3.63, 3.8) is 0 Å². The van der Waals surface area contributed by atoms with Crippen molar-refractivity contribution in [1.82, 2.24) is 10.2 Å². The maximum atomic E-state index is 12.3. The first-order chi connectivity index (χ1) is 13.8. The molecule has 0 radical (unpaired) electrons. The van der Waals surface area contributed by atoms with E-state index >= 15 is 0 Å². The first kappa shape index (κ1) is 18.8. The molecule has 0 fully saturated rings. The van der Waals surface area contributed by atoms with Gasteiger partial charge in [0.05, 0.1) is 11.8 Å². The molecule has 0 bridgehead atoms. The van der Waals surface area contributed by atoms with E-state index in [1.165, 1.54) is 6.20 Å². The molecule has 29 heavy (non-hydrogen) atoms. The number of nitrogens with one attached hydrogen (secondary N) is 2. The van der Waals surface area contributed by atoms with Crippen molar-refractivity contribution in [2.24, 2.45) is 0 Å². The number of carboxylic acid groups (broad SMARTS) is 1. The van der Waals surface area contributed by atoms with Gasteiger partial charge in [0.1, 0.15) is 22.3 Å². The molecule has 0 aliphatic carbocycles. The van der Waals surface area contributed by atoms with Crippen LogP contribution in [-0.2, 0) is 14.6 Å². The molecule has 4 rings (SSSR count). The maximum absolute atomic E-state index is 12.3. The quantitative estimate of drug-likeness (QED) is 0.590. The second-order valence-electron chi connectivity index (χ2n) is 6.57. The van der Waals surface area contributed by atoms with Crippen LogP contribution in [-0.4, -0.2) is 35.9 Å². The first-order valence-electron chi connectivity index (χ1n) is 8.65. The zero-order valence-corrected chi connectivity index (χ0v) is 16.1. The van der Waals surface area contributed by atoms with Crippen molar-refractivity contribution in [3.8, 4) is 11.5 Å². The highest BCUT2D eigenvalue weighted by Crippen LogP contribution is 2.42. The Bertz CT molecular complexity index is 1220. The van der Waals surface area contributed by atoms with E-state index in [2.05, 4.69) is 15.5 Å². The van der Waals surface area contributed by atoms with Crippen molar-refractivity contribution >= 4 is 21.6 Å². The fraction of sp³-hybridized carbons (Fsp3) is 0.100. The van der Waals surface area contributed by atoms with Gasteiger partial charge in [-0.1, -0.05) is 30.3 Å². The number of anilines is 1. The topological polar surface area (TPSA) is 121 Å². The van der Waals surface area contributed by atoms with Gasteiger partial charge in [0.15, 0.2) is 9.84 Å². The van der Waals surface area contributed by atoms with Crippen LogP contribution in [0.5, 0.6) is 11.5 Å². The van der Waals surface area contributed by atoms with Gasteiger partial charge in [0.25, 0.3) is 0 Å². The highest BCUT2D eigenvalue weighted by Gasteiger charge is 2.38. The van der Waals surface area contributed by atoms with Crippen molar-refractivity contribution in [1.29, 1.82) is 0 Å². The number of ether oxygens (including phenoxy) is 1. The number of carbonyl (C=O) groups is 1. The summed E-state index contributed by atoms with van der Waals surface area (Å²) in [6, 6.07) is 16.1. The number of aromatic nitrogens is 2. The lowest BCUT2D eigenvalue weighted by atomic mass is 9.84. The van der Waals surface area contributed by atoms with Gasteiger partial charge < -0.3 is 15.2 Å². The SMILES string of the molecule is CS(=O)(=O)C1=C(C(=O)O)C(c2cccc(Oc3ccccc3)c2)c2cn[nH]c2N1. The minimum Gasteiger partial charge on any atom is -0.478 e. The van der Waals surface area contributed by atoms with Crippen LogP contribution >= 0.6 is 0 Å². The minimum atomic E-state index is -3.83. The highest BCUT2D eigenvalue weighted by molar-refractivity contribution is 7.94. The van der Waals surface area contributed by atoms with Gasteiger partial charge in [-0.25, -0.2) is 13.2 Å². The molecule has 148 valence electrons. The Hall–Kier alpha value is -3.59. The van der Waals surface area contributed by atoms with E-state index in [4.69, 9.17) is 4.74 Å². The summed E-state index contributed by atoms with van der Waals surface area (Å²) in [5, 5.41) is 18.8. The van der Waals surface area contributed by atoms with Gasteiger partial charge in [0, 0.05) is 17.7 Å².